The predicted molar refractivity (Wildman–Crippen MR) is 150 cm³/mol. The van der Waals surface area contributed by atoms with Crippen LogP contribution in [0.5, 0.6) is 5.75 Å². The van der Waals surface area contributed by atoms with Crippen molar-refractivity contribution in [3.63, 3.8) is 0 Å². The molecule has 10 nitrogen and oxygen atoms in total. The molecule has 1 aromatic carbocycles. The lowest BCUT2D eigenvalue weighted by Gasteiger charge is -2.11. The van der Waals surface area contributed by atoms with Crippen molar-refractivity contribution in [1.29, 1.82) is 0 Å². The molecule has 4 aromatic heterocycles. The van der Waals surface area contributed by atoms with E-state index in [0.717, 1.165) is 77.9 Å². The number of benzene rings is 1. The van der Waals surface area contributed by atoms with Crippen LogP contribution in [0.2, 0.25) is 0 Å². The molecule has 0 spiro atoms. The van der Waals surface area contributed by atoms with Crippen LogP contribution in [0.25, 0.3) is 28.2 Å². The van der Waals surface area contributed by atoms with E-state index in [1.54, 1.807) is 6.33 Å². The highest BCUT2D eigenvalue weighted by Gasteiger charge is 2.14. The molecule has 1 unspecified atom stereocenters. The van der Waals surface area contributed by atoms with Crippen molar-refractivity contribution >= 4 is 11.5 Å². The summed E-state index contributed by atoms with van der Waals surface area (Å²) in [7, 11) is 1.92. The normalized spacial score (nSPS) is 15.2. The zero-order chi connectivity index (χ0) is 26.4. The van der Waals surface area contributed by atoms with Gasteiger partial charge in [0, 0.05) is 56.3 Å². The van der Waals surface area contributed by atoms with Crippen molar-refractivity contribution in [2.24, 2.45) is 7.05 Å². The fourth-order valence-electron chi connectivity index (χ4n) is 4.68. The Morgan fingerprint density at radius 1 is 1.05 bits per heavy atom. The smallest absolute Gasteiger partial charge is 0.140 e. The number of hydrogen-bond donors (Lipinski definition) is 2. The van der Waals surface area contributed by atoms with Crippen LogP contribution in [0.3, 0.4) is 0 Å². The number of aryl methyl sites for hydroxylation is 1. The first kappa shape index (κ1) is 25.0. The van der Waals surface area contributed by atoms with Gasteiger partial charge in [0.2, 0.25) is 0 Å². The first-order chi connectivity index (χ1) is 19.2. The monoisotopic (exact) mass is 524 g/mol. The zero-order valence-electron chi connectivity index (χ0n) is 22.0. The number of imidazole rings is 1. The van der Waals surface area contributed by atoms with E-state index < -0.39 is 0 Å². The first-order valence-corrected chi connectivity index (χ1v) is 13.3. The van der Waals surface area contributed by atoms with Gasteiger partial charge in [-0.2, -0.15) is 5.10 Å². The molecule has 1 saturated heterocycles. The van der Waals surface area contributed by atoms with Gasteiger partial charge in [-0.3, -0.25) is 9.08 Å². The summed E-state index contributed by atoms with van der Waals surface area (Å²) in [6.45, 7) is 3.89. The van der Waals surface area contributed by atoms with Gasteiger partial charge in [0.05, 0.1) is 37.0 Å². The molecule has 1 fully saturated rings. The van der Waals surface area contributed by atoms with Crippen LogP contribution in [0.15, 0.2) is 73.6 Å². The van der Waals surface area contributed by atoms with Crippen molar-refractivity contribution < 1.29 is 9.47 Å². The summed E-state index contributed by atoms with van der Waals surface area (Å²) in [6, 6.07) is 14.8. The highest BCUT2D eigenvalue weighted by Crippen LogP contribution is 2.24. The number of nitrogens with zero attached hydrogens (tertiary/aromatic N) is 6. The molecule has 1 aliphatic heterocycles. The second-order valence-corrected chi connectivity index (χ2v) is 9.69. The fraction of sp³-hybridized carbons (Fsp3) is 0.310. The summed E-state index contributed by atoms with van der Waals surface area (Å²) >= 11 is 0. The molecule has 2 N–H and O–H groups in total. The maximum atomic E-state index is 5.96. The first-order valence-electron chi connectivity index (χ1n) is 13.3. The average Bonchev–Trinajstić information content (AvgIpc) is 3.73. The maximum Gasteiger partial charge on any atom is 0.140 e. The Morgan fingerprint density at radius 3 is 2.79 bits per heavy atom. The lowest BCUT2D eigenvalue weighted by Crippen LogP contribution is -2.30. The van der Waals surface area contributed by atoms with Crippen molar-refractivity contribution in [2.45, 2.75) is 25.4 Å². The van der Waals surface area contributed by atoms with Gasteiger partial charge in [0.25, 0.3) is 0 Å². The zero-order valence-corrected chi connectivity index (χ0v) is 22.0. The Hall–Kier alpha value is -4.28. The highest BCUT2D eigenvalue weighted by molar-refractivity contribution is 5.64. The SMILES string of the molecule is Cn1cc(-c2ccc(CNc3cc(-c4cnc5cc(OCCCNC6CCOC6)ccn45)ncn3)cc2)cn1. The van der Waals surface area contributed by atoms with Crippen molar-refractivity contribution in [3.8, 4) is 28.3 Å². The van der Waals surface area contributed by atoms with Gasteiger partial charge in [-0.15, -0.1) is 0 Å². The third-order valence-corrected chi connectivity index (χ3v) is 6.83. The maximum absolute atomic E-state index is 5.96. The summed E-state index contributed by atoms with van der Waals surface area (Å²) < 4.78 is 15.2. The van der Waals surface area contributed by atoms with E-state index in [1.165, 1.54) is 0 Å². The molecule has 0 amide bonds. The van der Waals surface area contributed by atoms with Crippen LogP contribution < -0.4 is 15.4 Å². The fourth-order valence-corrected chi connectivity index (χ4v) is 4.68. The van der Waals surface area contributed by atoms with E-state index >= 15 is 0 Å². The topological polar surface area (TPSA) is 103 Å². The van der Waals surface area contributed by atoms with Crippen LogP contribution in [-0.2, 0) is 18.3 Å². The molecule has 5 heterocycles. The van der Waals surface area contributed by atoms with Gasteiger partial charge in [-0.1, -0.05) is 24.3 Å². The molecule has 6 rings (SSSR count). The van der Waals surface area contributed by atoms with Crippen LogP contribution in [0.4, 0.5) is 5.82 Å². The Balaban J connectivity index is 1.05. The second-order valence-electron chi connectivity index (χ2n) is 9.69. The van der Waals surface area contributed by atoms with Crippen molar-refractivity contribution in [3.05, 3.63) is 79.1 Å². The van der Waals surface area contributed by atoms with E-state index in [0.29, 0.717) is 19.2 Å². The van der Waals surface area contributed by atoms with E-state index in [1.807, 2.05) is 59.1 Å². The van der Waals surface area contributed by atoms with E-state index in [-0.39, 0.29) is 0 Å². The average molecular weight is 525 g/mol. The molecule has 0 radical (unpaired) electrons. The number of aromatic nitrogens is 6. The van der Waals surface area contributed by atoms with Crippen LogP contribution >= 0.6 is 0 Å². The van der Waals surface area contributed by atoms with Crippen LogP contribution in [0, 0.1) is 0 Å². The standard InChI is InChI=1S/C29H32N8O2/c1-36-18-23(16-35-36)22-5-3-21(4-6-22)15-31-28-14-26(33-20-34-28)27-17-32-29-13-25(7-10-37(27)29)39-11-2-9-30-24-8-12-38-19-24/h3-7,10,13-14,16-18,20,24,30H,2,8-9,11-12,15,19H2,1H3,(H,31,33,34). The number of nitrogens with one attached hydrogen (secondary N) is 2. The van der Waals surface area contributed by atoms with Gasteiger partial charge in [-0.25, -0.2) is 15.0 Å². The molecule has 39 heavy (non-hydrogen) atoms. The number of rotatable bonds is 11. The molecular formula is C29H32N8O2. The summed E-state index contributed by atoms with van der Waals surface area (Å²) in [5, 5.41) is 11.2. The molecule has 1 aliphatic rings. The third-order valence-electron chi connectivity index (χ3n) is 6.83. The summed E-state index contributed by atoms with van der Waals surface area (Å²) in [6.07, 6.45) is 11.3. The predicted octanol–water partition coefficient (Wildman–Crippen LogP) is 3.95. The summed E-state index contributed by atoms with van der Waals surface area (Å²) in [5.41, 5.74) is 5.91. The lowest BCUT2D eigenvalue weighted by atomic mass is 10.1. The van der Waals surface area contributed by atoms with Gasteiger partial charge in [0.15, 0.2) is 0 Å². The largest absolute Gasteiger partial charge is 0.493 e. The van der Waals surface area contributed by atoms with Gasteiger partial charge in [-0.05, 0) is 36.6 Å². The minimum absolute atomic E-state index is 0.478. The molecular weight excluding hydrogens is 492 g/mol. The molecule has 0 aliphatic carbocycles. The van der Waals surface area contributed by atoms with Crippen LogP contribution in [0.1, 0.15) is 18.4 Å². The summed E-state index contributed by atoms with van der Waals surface area (Å²) in [5.74, 6) is 1.56. The second kappa shape index (κ2) is 11.6. The minimum atomic E-state index is 0.478. The Kier molecular flexibility index (Phi) is 7.46. The summed E-state index contributed by atoms with van der Waals surface area (Å²) in [4.78, 5) is 13.5. The van der Waals surface area contributed by atoms with Crippen molar-refractivity contribution in [2.75, 3.05) is 31.7 Å². The molecule has 200 valence electrons. The molecule has 0 bridgehead atoms. The van der Waals surface area contributed by atoms with E-state index in [2.05, 4.69) is 54.9 Å². The van der Waals surface area contributed by atoms with Crippen LogP contribution in [-0.4, -0.2) is 61.5 Å². The molecule has 0 saturated carbocycles. The Labute approximate surface area is 227 Å². The molecule has 1 atom stereocenters. The van der Waals surface area contributed by atoms with Crippen molar-refractivity contribution in [1.82, 2.24) is 34.4 Å². The molecule has 5 aromatic rings. The van der Waals surface area contributed by atoms with Gasteiger partial charge < -0.3 is 20.1 Å². The third kappa shape index (κ3) is 6.08. The number of fused-ring (bicyclic) bond motifs is 1. The van der Waals surface area contributed by atoms with E-state index in [4.69, 9.17) is 9.47 Å². The van der Waals surface area contributed by atoms with E-state index in [9.17, 15) is 0 Å². The quantitative estimate of drug-likeness (QED) is 0.251. The minimum Gasteiger partial charge on any atom is -0.493 e. The number of pyridine rings is 1. The lowest BCUT2D eigenvalue weighted by molar-refractivity contribution is 0.189. The number of hydrogen-bond acceptors (Lipinski definition) is 8. The van der Waals surface area contributed by atoms with Gasteiger partial charge in [0.1, 0.15) is 23.5 Å². The Bertz CT molecular complexity index is 1520. The van der Waals surface area contributed by atoms with Gasteiger partial charge >= 0.3 is 0 Å². The highest BCUT2D eigenvalue weighted by atomic mass is 16.5. The molecule has 10 heteroatoms. The number of ether oxygens (including phenoxy) is 2. The Morgan fingerprint density at radius 2 is 1.97 bits per heavy atom. The number of anilines is 1.